The molecule has 0 spiro atoms. The molecule has 0 aliphatic carbocycles. The molecule has 0 fully saturated rings. The van der Waals surface area contributed by atoms with Crippen LogP contribution in [-0.4, -0.2) is 69.4 Å². The van der Waals surface area contributed by atoms with Gasteiger partial charge in [-0.1, -0.05) is 109 Å². The monoisotopic (exact) mass is 808 g/mol. The molecule has 2 aliphatic rings. The first kappa shape index (κ1) is 40.3. The first-order valence-electron chi connectivity index (χ1n) is 20.1. The molecule has 304 valence electrons. The Morgan fingerprint density at radius 2 is 0.918 bits per heavy atom. The van der Waals surface area contributed by atoms with Crippen LogP contribution in [0, 0.1) is 0 Å². The van der Waals surface area contributed by atoms with Crippen LogP contribution in [-0.2, 0) is 30.7 Å². The Hall–Kier alpha value is -7.50. The zero-order valence-corrected chi connectivity index (χ0v) is 33.9. The van der Waals surface area contributed by atoms with E-state index in [0.717, 1.165) is 85.8 Å². The highest BCUT2D eigenvalue weighted by molar-refractivity contribution is 5.95. The number of aromatic nitrogens is 4. The molecular formula is C50H44N6O5. The lowest BCUT2D eigenvalue weighted by molar-refractivity contribution is 0.0600. The summed E-state index contributed by atoms with van der Waals surface area (Å²) < 4.78 is 4.87. The van der Waals surface area contributed by atoms with Gasteiger partial charge in [0.15, 0.2) is 11.6 Å². The van der Waals surface area contributed by atoms with Crippen LogP contribution < -0.4 is 9.80 Å². The van der Waals surface area contributed by atoms with Crippen LogP contribution in [0.25, 0.3) is 44.6 Å². The van der Waals surface area contributed by atoms with E-state index in [4.69, 9.17) is 29.8 Å². The van der Waals surface area contributed by atoms with Gasteiger partial charge in [-0.3, -0.25) is 0 Å². The Bertz CT molecular complexity index is 2850. The molecule has 0 bridgehead atoms. The molecule has 2 aromatic heterocycles. The molecule has 0 unspecified atom stereocenters. The average molecular weight is 809 g/mol. The van der Waals surface area contributed by atoms with Gasteiger partial charge in [0, 0.05) is 44.4 Å². The number of hydrogen-bond donors (Lipinski definition) is 2. The van der Waals surface area contributed by atoms with E-state index in [9.17, 15) is 14.7 Å². The van der Waals surface area contributed by atoms with Crippen molar-refractivity contribution in [1.29, 1.82) is 0 Å². The maximum absolute atomic E-state index is 12.0. The number of carboxylic acid groups (broad SMARTS) is 1. The number of carbonyl (C=O) groups is 2. The van der Waals surface area contributed by atoms with Crippen molar-refractivity contribution < 1.29 is 24.5 Å². The molecular weight excluding hydrogens is 765 g/mol. The van der Waals surface area contributed by atoms with Crippen LogP contribution in [0.5, 0.6) is 0 Å². The van der Waals surface area contributed by atoms with E-state index in [1.807, 2.05) is 54.6 Å². The number of hydrogen-bond acceptors (Lipinski definition) is 10. The van der Waals surface area contributed by atoms with Crippen molar-refractivity contribution in [2.75, 3.05) is 37.1 Å². The fourth-order valence-corrected chi connectivity index (χ4v) is 7.84. The minimum atomic E-state index is -0.964. The van der Waals surface area contributed by atoms with Crippen LogP contribution in [0.4, 0.5) is 11.6 Å². The summed E-state index contributed by atoms with van der Waals surface area (Å²) in [4.78, 5) is 47.6. The van der Waals surface area contributed by atoms with Crippen molar-refractivity contribution in [1.82, 2.24) is 19.9 Å². The largest absolute Gasteiger partial charge is 0.478 e. The molecule has 2 aliphatic heterocycles. The SMILES string of the molecule is CO.COC(=O)c1ccc2nc(-c3ccccc3)c(N3CCc4ccccc4C3)nc2c1.O=C(O)c1ccc2nc(-c3ccccc3)c(N3CCc4ccccc4C3)nc2c1. The van der Waals surface area contributed by atoms with E-state index in [1.54, 1.807) is 30.3 Å². The Morgan fingerprint density at radius 3 is 1.36 bits per heavy atom. The Balaban J connectivity index is 0.000000162. The maximum atomic E-state index is 12.0. The molecule has 2 N–H and O–H groups in total. The Morgan fingerprint density at radius 1 is 0.508 bits per heavy atom. The summed E-state index contributed by atoms with van der Waals surface area (Å²) in [5.41, 5.74) is 12.5. The number of rotatable bonds is 6. The van der Waals surface area contributed by atoms with E-state index in [2.05, 4.69) is 70.5 Å². The third-order valence-electron chi connectivity index (χ3n) is 10.9. The van der Waals surface area contributed by atoms with E-state index < -0.39 is 5.97 Å². The lowest BCUT2D eigenvalue weighted by Gasteiger charge is -2.31. The second kappa shape index (κ2) is 18.2. The smallest absolute Gasteiger partial charge is 0.337 e. The number of esters is 1. The number of anilines is 2. The zero-order chi connectivity index (χ0) is 42.3. The summed E-state index contributed by atoms with van der Waals surface area (Å²) in [6.07, 6.45) is 1.91. The first-order chi connectivity index (χ1) is 29.9. The molecule has 0 saturated carbocycles. The van der Waals surface area contributed by atoms with Gasteiger partial charge in [0.1, 0.15) is 11.4 Å². The first-order valence-corrected chi connectivity index (χ1v) is 20.1. The predicted octanol–water partition coefficient (Wildman–Crippen LogP) is 8.81. The lowest BCUT2D eigenvalue weighted by atomic mass is 9.99. The topological polar surface area (TPSA) is 142 Å². The molecule has 11 nitrogen and oxygen atoms in total. The Labute approximate surface area is 353 Å². The van der Waals surface area contributed by atoms with Crippen LogP contribution in [0.1, 0.15) is 43.0 Å². The third kappa shape index (κ3) is 8.64. The molecule has 10 rings (SSSR count). The second-order valence-corrected chi connectivity index (χ2v) is 14.6. The zero-order valence-electron chi connectivity index (χ0n) is 33.9. The summed E-state index contributed by atoms with van der Waals surface area (Å²) >= 11 is 0. The molecule has 11 heteroatoms. The minimum absolute atomic E-state index is 0.217. The number of carboxylic acids is 1. The van der Waals surface area contributed by atoms with Crippen LogP contribution >= 0.6 is 0 Å². The van der Waals surface area contributed by atoms with Gasteiger partial charge in [0.05, 0.1) is 40.3 Å². The summed E-state index contributed by atoms with van der Waals surface area (Å²) in [6, 6.07) is 47.4. The molecule has 61 heavy (non-hydrogen) atoms. The maximum Gasteiger partial charge on any atom is 0.337 e. The fraction of sp³-hybridized carbons (Fsp3) is 0.160. The van der Waals surface area contributed by atoms with Gasteiger partial charge in [-0.2, -0.15) is 0 Å². The molecule has 8 aromatic rings. The molecule has 4 heterocycles. The fourth-order valence-electron chi connectivity index (χ4n) is 7.84. The quantitative estimate of drug-likeness (QED) is 0.156. The molecule has 0 radical (unpaired) electrons. The van der Waals surface area contributed by atoms with E-state index in [0.29, 0.717) is 22.1 Å². The third-order valence-corrected chi connectivity index (χ3v) is 10.9. The van der Waals surface area contributed by atoms with Crippen LogP contribution in [0.3, 0.4) is 0 Å². The van der Waals surface area contributed by atoms with Crippen molar-refractivity contribution in [3.05, 3.63) is 179 Å². The highest BCUT2D eigenvalue weighted by Crippen LogP contribution is 2.35. The molecule has 0 saturated heterocycles. The predicted molar refractivity (Wildman–Crippen MR) is 239 cm³/mol. The number of aromatic carboxylic acids is 1. The van der Waals surface area contributed by atoms with Gasteiger partial charge >= 0.3 is 11.9 Å². The van der Waals surface area contributed by atoms with Crippen LogP contribution in [0.15, 0.2) is 146 Å². The van der Waals surface area contributed by atoms with Crippen molar-refractivity contribution in [3.8, 4) is 22.5 Å². The average Bonchev–Trinajstić information content (AvgIpc) is 3.33. The van der Waals surface area contributed by atoms with Gasteiger partial charge in [-0.15, -0.1) is 0 Å². The van der Waals surface area contributed by atoms with Gasteiger partial charge in [-0.05, 0) is 71.5 Å². The van der Waals surface area contributed by atoms with E-state index in [-0.39, 0.29) is 11.5 Å². The van der Waals surface area contributed by atoms with Crippen molar-refractivity contribution in [3.63, 3.8) is 0 Å². The summed E-state index contributed by atoms with van der Waals surface area (Å²) in [7, 11) is 2.38. The van der Waals surface area contributed by atoms with Gasteiger partial charge < -0.3 is 24.7 Å². The van der Waals surface area contributed by atoms with Crippen LogP contribution in [0.2, 0.25) is 0 Å². The number of aliphatic hydroxyl groups is 1. The number of carbonyl (C=O) groups excluding carboxylic acids is 1. The minimum Gasteiger partial charge on any atom is -0.478 e. The Kier molecular flexibility index (Phi) is 12.0. The van der Waals surface area contributed by atoms with Crippen molar-refractivity contribution in [2.45, 2.75) is 25.9 Å². The van der Waals surface area contributed by atoms with Gasteiger partial charge in [-0.25, -0.2) is 29.5 Å². The lowest BCUT2D eigenvalue weighted by Crippen LogP contribution is -2.31. The standard InChI is InChI=1S/C25H21N3O2.C24H19N3O2.CH4O/c1-30-25(29)19-11-12-21-22(15-19)27-24(23(26-21)18-8-3-2-4-9-18)28-14-13-17-7-5-6-10-20(17)16-28;28-24(29)18-10-11-20-21(14-18)26-23(22(25-20)17-7-2-1-3-8-17)27-13-12-16-6-4-5-9-19(16)15-27;1-2/h2-12,15H,13-14,16H2,1H3;1-11,14H,12-13,15H2,(H,28,29);2H,1H3. The van der Waals surface area contributed by atoms with Crippen molar-refractivity contribution in [2.24, 2.45) is 0 Å². The number of ether oxygens (including phenoxy) is 1. The van der Waals surface area contributed by atoms with E-state index in [1.165, 1.54) is 29.4 Å². The summed E-state index contributed by atoms with van der Waals surface area (Å²) in [5.74, 6) is 0.291. The number of methoxy groups -OCH3 is 1. The van der Waals surface area contributed by atoms with Gasteiger partial charge in [0.2, 0.25) is 0 Å². The summed E-state index contributed by atoms with van der Waals surface area (Å²) in [5, 5.41) is 16.3. The number of fused-ring (bicyclic) bond motifs is 4. The normalized spacial score (nSPS) is 12.9. The number of aliphatic hydroxyl groups excluding tert-OH is 1. The van der Waals surface area contributed by atoms with E-state index >= 15 is 0 Å². The molecule has 0 atom stereocenters. The highest BCUT2D eigenvalue weighted by Gasteiger charge is 2.24. The second-order valence-electron chi connectivity index (χ2n) is 14.6. The number of nitrogens with zero attached hydrogens (tertiary/aromatic N) is 6. The molecule has 0 amide bonds. The number of benzene rings is 6. The molecule has 6 aromatic carbocycles. The highest BCUT2D eigenvalue weighted by atomic mass is 16.5. The van der Waals surface area contributed by atoms with Crippen molar-refractivity contribution >= 4 is 45.6 Å². The van der Waals surface area contributed by atoms with Gasteiger partial charge in [0.25, 0.3) is 0 Å². The summed E-state index contributed by atoms with van der Waals surface area (Å²) in [6.45, 7) is 3.26.